The molecule has 0 aliphatic carbocycles. The topological polar surface area (TPSA) is 64.7 Å². The Hall–Kier alpha value is -3.02. The maximum Gasteiger partial charge on any atom is 0.251 e. The first-order chi connectivity index (χ1) is 14.9. The molecular weight excluding hydrogens is 388 g/mol. The molecule has 2 aromatic rings. The predicted octanol–water partition coefficient (Wildman–Crippen LogP) is 4.06. The third kappa shape index (κ3) is 5.57. The summed E-state index contributed by atoms with van der Waals surface area (Å²) in [7, 11) is 0. The van der Waals surface area contributed by atoms with Crippen LogP contribution in [0, 0.1) is 0 Å². The van der Waals surface area contributed by atoms with Crippen molar-refractivity contribution >= 4 is 28.9 Å². The molecule has 1 aliphatic heterocycles. The van der Waals surface area contributed by atoms with Gasteiger partial charge in [0.05, 0.1) is 6.54 Å². The average molecular weight is 423 g/mol. The molecule has 0 saturated carbocycles. The lowest BCUT2D eigenvalue weighted by Gasteiger charge is -2.32. The molecule has 31 heavy (non-hydrogen) atoms. The fourth-order valence-electron chi connectivity index (χ4n) is 4.14. The third-order valence-electron chi connectivity index (χ3n) is 5.63. The Balaban J connectivity index is 1.69. The number of benzene rings is 2. The van der Waals surface area contributed by atoms with Gasteiger partial charge >= 0.3 is 0 Å². The molecule has 0 bridgehead atoms. The van der Waals surface area contributed by atoms with E-state index < -0.39 is 0 Å². The van der Waals surface area contributed by atoms with E-state index in [-0.39, 0.29) is 24.4 Å². The molecular formula is C25H34N4O2. The largest absolute Gasteiger partial charge is 0.372 e. The van der Waals surface area contributed by atoms with Crippen molar-refractivity contribution < 1.29 is 9.59 Å². The molecule has 0 aromatic heterocycles. The van der Waals surface area contributed by atoms with Crippen LogP contribution in [-0.2, 0) is 11.2 Å². The molecule has 0 unspecified atom stereocenters. The molecule has 0 spiro atoms. The van der Waals surface area contributed by atoms with Gasteiger partial charge in [-0.15, -0.1) is 0 Å². The number of hydrogen-bond donors (Lipinski definition) is 2. The Morgan fingerprint density at radius 1 is 1.06 bits per heavy atom. The second kappa shape index (κ2) is 10.3. The standard InChI is InChI=1S/C25H34N4O2/c1-5-28(6-2)20-14-12-19(13-15-20)27-24(30)17-29-16-8-10-21-22(9-7-11-23(21)29)25(31)26-18(3)4/h7,9,11-15,18H,5-6,8,10,16-17H2,1-4H3,(H,26,31)(H,27,30). The van der Waals surface area contributed by atoms with E-state index in [2.05, 4.69) is 34.3 Å². The normalized spacial score (nSPS) is 13.0. The summed E-state index contributed by atoms with van der Waals surface area (Å²) in [5, 5.41) is 5.99. The molecule has 6 nitrogen and oxygen atoms in total. The van der Waals surface area contributed by atoms with Crippen LogP contribution in [0.5, 0.6) is 0 Å². The van der Waals surface area contributed by atoms with Crippen molar-refractivity contribution in [3.8, 4) is 0 Å². The van der Waals surface area contributed by atoms with Crippen LogP contribution in [-0.4, -0.2) is 44.0 Å². The quantitative estimate of drug-likeness (QED) is 0.673. The lowest BCUT2D eigenvalue weighted by Crippen LogP contribution is -2.38. The lowest BCUT2D eigenvalue weighted by molar-refractivity contribution is -0.115. The van der Waals surface area contributed by atoms with Gasteiger partial charge in [0.2, 0.25) is 5.91 Å². The van der Waals surface area contributed by atoms with Gasteiger partial charge in [-0.1, -0.05) is 6.07 Å². The van der Waals surface area contributed by atoms with Crippen molar-refractivity contribution in [3.63, 3.8) is 0 Å². The summed E-state index contributed by atoms with van der Waals surface area (Å²) in [4.78, 5) is 29.7. The van der Waals surface area contributed by atoms with Gasteiger partial charge in [-0.3, -0.25) is 9.59 Å². The summed E-state index contributed by atoms with van der Waals surface area (Å²) < 4.78 is 0. The monoisotopic (exact) mass is 422 g/mol. The number of nitrogens with one attached hydrogen (secondary N) is 2. The Kier molecular flexibility index (Phi) is 7.55. The van der Waals surface area contributed by atoms with E-state index in [0.29, 0.717) is 5.56 Å². The van der Waals surface area contributed by atoms with Crippen LogP contribution in [0.4, 0.5) is 17.1 Å². The summed E-state index contributed by atoms with van der Waals surface area (Å²) in [5.74, 6) is -0.105. The molecule has 2 N–H and O–H groups in total. The van der Waals surface area contributed by atoms with Crippen molar-refractivity contribution in [2.45, 2.75) is 46.6 Å². The average Bonchev–Trinajstić information content (AvgIpc) is 2.75. The first-order valence-corrected chi connectivity index (χ1v) is 11.3. The van der Waals surface area contributed by atoms with Crippen LogP contribution in [0.1, 0.15) is 50.0 Å². The van der Waals surface area contributed by atoms with E-state index in [1.165, 1.54) is 0 Å². The Bertz CT molecular complexity index is 904. The molecule has 0 saturated heterocycles. The van der Waals surface area contributed by atoms with Crippen molar-refractivity contribution in [1.29, 1.82) is 0 Å². The Labute approximate surface area is 185 Å². The number of anilines is 3. The van der Waals surface area contributed by atoms with Crippen molar-refractivity contribution in [1.82, 2.24) is 5.32 Å². The smallest absolute Gasteiger partial charge is 0.251 e. The molecule has 166 valence electrons. The van der Waals surface area contributed by atoms with E-state index >= 15 is 0 Å². The van der Waals surface area contributed by atoms with E-state index in [1.807, 2.05) is 56.3 Å². The summed E-state index contributed by atoms with van der Waals surface area (Å²) in [6.45, 7) is 11.1. The zero-order valence-electron chi connectivity index (χ0n) is 19.1. The van der Waals surface area contributed by atoms with Crippen molar-refractivity contribution in [2.75, 3.05) is 41.3 Å². The van der Waals surface area contributed by atoms with Crippen molar-refractivity contribution in [3.05, 3.63) is 53.6 Å². The Morgan fingerprint density at radius 3 is 2.42 bits per heavy atom. The summed E-state index contributed by atoms with van der Waals surface area (Å²) in [6.07, 6.45) is 1.77. The number of amides is 2. The zero-order chi connectivity index (χ0) is 22.4. The summed E-state index contributed by atoms with van der Waals surface area (Å²) in [5.41, 5.74) is 4.67. The van der Waals surface area contributed by atoms with E-state index in [0.717, 1.165) is 55.1 Å². The highest BCUT2D eigenvalue weighted by Gasteiger charge is 2.23. The van der Waals surface area contributed by atoms with Gasteiger partial charge in [0.15, 0.2) is 0 Å². The fourth-order valence-corrected chi connectivity index (χ4v) is 4.14. The number of nitrogens with zero attached hydrogens (tertiary/aromatic N) is 2. The van der Waals surface area contributed by atoms with Gasteiger partial charge in [-0.2, -0.15) is 0 Å². The minimum Gasteiger partial charge on any atom is -0.372 e. The lowest BCUT2D eigenvalue weighted by atomic mass is 9.95. The van der Waals surface area contributed by atoms with Gasteiger partial charge in [-0.25, -0.2) is 0 Å². The van der Waals surface area contributed by atoms with E-state index in [1.54, 1.807) is 0 Å². The second-order valence-corrected chi connectivity index (χ2v) is 8.22. The molecule has 2 amide bonds. The highest BCUT2D eigenvalue weighted by molar-refractivity contribution is 5.98. The van der Waals surface area contributed by atoms with Crippen LogP contribution in [0.3, 0.4) is 0 Å². The minimum absolute atomic E-state index is 0.0496. The number of carbonyl (C=O) groups excluding carboxylic acids is 2. The van der Waals surface area contributed by atoms with Gasteiger partial charge in [0.25, 0.3) is 5.91 Å². The van der Waals surface area contributed by atoms with E-state index in [4.69, 9.17) is 0 Å². The van der Waals surface area contributed by atoms with Gasteiger partial charge in [0, 0.05) is 48.3 Å². The SMILES string of the molecule is CCN(CC)c1ccc(NC(=O)CN2CCCc3c(C(=O)NC(C)C)cccc32)cc1. The summed E-state index contributed by atoms with van der Waals surface area (Å²) in [6, 6.07) is 13.8. The number of fused-ring (bicyclic) bond motifs is 1. The summed E-state index contributed by atoms with van der Waals surface area (Å²) >= 11 is 0. The van der Waals surface area contributed by atoms with Crippen LogP contribution < -0.4 is 20.4 Å². The molecule has 0 radical (unpaired) electrons. The van der Waals surface area contributed by atoms with Crippen LogP contribution in [0.25, 0.3) is 0 Å². The van der Waals surface area contributed by atoms with Gasteiger partial charge in [0.1, 0.15) is 0 Å². The Morgan fingerprint density at radius 2 is 1.77 bits per heavy atom. The second-order valence-electron chi connectivity index (χ2n) is 8.22. The minimum atomic E-state index is -0.0551. The third-order valence-corrected chi connectivity index (χ3v) is 5.63. The molecule has 1 heterocycles. The maximum absolute atomic E-state index is 12.7. The predicted molar refractivity (Wildman–Crippen MR) is 128 cm³/mol. The van der Waals surface area contributed by atoms with Crippen LogP contribution in [0.15, 0.2) is 42.5 Å². The molecule has 3 rings (SSSR count). The van der Waals surface area contributed by atoms with Gasteiger partial charge in [-0.05, 0) is 82.5 Å². The number of rotatable bonds is 8. The molecule has 6 heteroatoms. The molecule has 1 aliphatic rings. The van der Waals surface area contributed by atoms with Crippen molar-refractivity contribution in [2.24, 2.45) is 0 Å². The number of hydrogen-bond acceptors (Lipinski definition) is 4. The fraction of sp³-hybridized carbons (Fsp3) is 0.440. The van der Waals surface area contributed by atoms with E-state index in [9.17, 15) is 9.59 Å². The highest BCUT2D eigenvalue weighted by Crippen LogP contribution is 2.30. The molecule has 0 fully saturated rings. The molecule has 2 aromatic carbocycles. The zero-order valence-corrected chi connectivity index (χ0v) is 19.1. The van der Waals surface area contributed by atoms with Crippen LogP contribution >= 0.6 is 0 Å². The number of carbonyl (C=O) groups is 2. The maximum atomic E-state index is 12.7. The first-order valence-electron chi connectivity index (χ1n) is 11.3. The van der Waals surface area contributed by atoms with Gasteiger partial charge < -0.3 is 20.4 Å². The van der Waals surface area contributed by atoms with Crippen LogP contribution in [0.2, 0.25) is 0 Å². The molecule has 0 atom stereocenters. The highest BCUT2D eigenvalue weighted by atomic mass is 16.2. The first kappa shape index (κ1) is 22.7.